The van der Waals surface area contributed by atoms with Crippen LogP contribution in [-0.2, 0) is 16.0 Å². The Morgan fingerprint density at radius 3 is 2.68 bits per heavy atom. The summed E-state index contributed by atoms with van der Waals surface area (Å²) in [5, 5.41) is 9.23. The Hall–Kier alpha value is -1.88. The molecular formula is C14H14O5. The van der Waals surface area contributed by atoms with Crippen molar-refractivity contribution in [2.24, 2.45) is 5.41 Å². The largest absolute Gasteiger partial charge is 0.493 e. The number of ether oxygens (including phenoxy) is 2. The summed E-state index contributed by atoms with van der Waals surface area (Å²) in [6.07, 6.45) is 1.77. The van der Waals surface area contributed by atoms with Gasteiger partial charge in [-0.05, 0) is 36.6 Å². The summed E-state index contributed by atoms with van der Waals surface area (Å²) in [4.78, 5) is 23.7. The fourth-order valence-corrected chi connectivity index (χ4v) is 2.44. The minimum Gasteiger partial charge on any atom is -0.493 e. The molecule has 0 aromatic heterocycles. The second-order valence-electron chi connectivity index (χ2n) is 4.98. The molecule has 0 bridgehead atoms. The molecule has 2 heterocycles. The topological polar surface area (TPSA) is 72.8 Å². The number of ketones is 1. The minimum absolute atomic E-state index is 0.0469. The molecule has 2 aliphatic heterocycles. The van der Waals surface area contributed by atoms with Crippen molar-refractivity contribution >= 4 is 11.8 Å². The SMILES string of the molecule is O=C(O)C1(C(=O)c2ccc3c(c2)CCCO3)COC1. The van der Waals surface area contributed by atoms with Gasteiger partial charge in [-0.15, -0.1) is 0 Å². The molecule has 0 radical (unpaired) electrons. The summed E-state index contributed by atoms with van der Waals surface area (Å²) in [5.41, 5.74) is -0.00291. The number of benzene rings is 1. The maximum Gasteiger partial charge on any atom is 0.322 e. The Balaban J connectivity index is 1.94. The minimum atomic E-state index is -1.40. The van der Waals surface area contributed by atoms with Crippen LogP contribution in [0.1, 0.15) is 22.3 Å². The first-order valence-corrected chi connectivity index (χ1v) is 6.25. The second kappa shape index (κ2) is 4.35. The smallest absolute Gasteiger partial charge is 0.322 e. The molecule has 5 heteroatoms. The first-order valence-electron chi connectivity index (χ1n) is 6.25. The van der Waals surface area contributed by atoms with E-state index in [1.807, 2.05) is 0 Å². The number of fused-ring (bicyclic) bond motifs is 1. The number of aliphatic carboxylic acids is 1. The highest BCUT2D eigenvalue weighted by molar-refractivity contribution is 6.13. The van der Waals surface area contributed by atoms with E-state index in [0.717, 1.165) is 24.2 Å². The summed E-state index contributed by atoms with van der Waals surface area (Å²) in [6.45, 7) is 0.594. The van der Waals surface area contributed by atoms with E-state index >= 15 is 0 Å². The lowest BCUT2D eigenvalue weighted by molar-refractivity contribution is -0.168. The van der Waals surface area contributed by atoms with Crippen molar-refractivity contribution in [2.75, 3.05) is 19.8 Å². The average Bonchev–Trinajstić information content (AvgIpc) is 2.36. The third-order valence-corrected chi connectivity index (χ3v) is 3.71. The third-order valence-electron chi connectivity index (χ3n) is 3.71. The van der Waals surface area contributed by atoms with Crippen LogP contribution >= 0.6 is 0 Å². The fourth-order valence-electron chi connectivity index (χ4n) is 2.44. The molecule has 0 spiro atoms. The molecule has 0 atom stereocenters. The van der Waals surface area contributed by atoms with Gasteiger partial charge in [0.2, 0.25) is 0 Å². The van der Waals surface area contributed by atoms with Crippen LogP contribution in [0, 0.1) is 5.41 Å². The highest BCUT2D eigenvalue weighted by atomic mass is 16.5. The van der Waals surface area contributed by atoms with E-state index in [2.05, 4.69) is 0 Å². The third kappa shape index (κ3) is 1.81. The van der Waals surface area contributed by atoms with E-state index in [1.54, 1.807) is 18.2 Å². The molecule has 0 saturated carbocycles. The average molecular weight is 262 g/mol. The predicted molar refractivity (Wildman–Crippen MR) is 65.5 cm³/mol. The number of rotatable bonds is 3. The van der Waals surface area contributed by atoms with E-state index in [4.69, 9.17) is 9.47 Å². The lowest BCUT2D eigenvalue weighted by atomic mass is 9.78. The van der Waals surface area contributed by atoms with Crippen molar-refractivity contribution in [2.45, 2.75) is 12.8 Å². The number of Topliss-reactive ketones (excluding diaryl/α,β-unsaturated/α-hetero) is 1. The zero-order chi connectivity index (χ0) is 13.5. The van der Waals surface area contributed by atoms with Gasteiger partial charge in [-0.25, -0.2) is 0 Å². The number of hydrogen-bond donors (Lipinski definition) is 1. The maximum absolute atomic E-state index is 12.4. The standard InChI is InChI=1S/C14H14O5/c15-12(14(13(16)17)7-18-8-14)10-3-4-11-9(6-10)2-1-5-19-11/h3-4,6H,1-2,5,7-8H2,(H,16,17). The van der Waals surface area contributed by atoms with Crippen molar-refractivity contribution in [3.8, 4) is 5.75 Å². The Morgan fingerprint density at radius 2 is 2.05 bits per heavy atom. The summed E-state index contributed by atoms with van der Waals surface area (Å²) >= 11 is 0. The van der Waals surface area contributed by atoms with E-state index in [1.165, 1.54) is 0 Å². The zero-order valence-electron chi connectivity index (χ0n) is 10.3. The van der Waals surface area contributed by atoms with Crippen LogP contribution in [0.25, 0.3) is 0 Å². The van der Waals surface area contributed by atoms with Gasteiger partial charge in [0.05, 0.1) is 19.8 Å². The van der Waals surface area contributed by atoms with Gasteiger partial charge in [-0.2, -0.15) is 0 Å². The summed E-state index contributed by atoms with van der Waals surface area (Å²) in [5.74, 6) is -0.700. The van der Waals surface area contributed by atoms with Crippen molar-refractivity contribution in [1.82, 2.24) is 0 Å². The van der Waals surface area contributed by atoms with Crippen LogP contribution in [-0.4, -0.2) is 36.7 Å². The molecule has 1 aromatic rings. The van der Waals surface area contributed by atoms with Crippen molar-refractivity contribution < 1.29 is 24.2 Å². The number of carboxylic acid groups (broad SMARTS) is 1. The molecule has 100 valence electrons. The van der Waals surface area contributed by atoms with E-state index < -0.39 is 11.4 Å². The van der Waals surface area contributed by atoms with Crippen LogP contribution in [0.4, 0.5) is 0 Å². The number of aryl methyl sites for hydroxylation is 1. The van der Waals surface area contributed by atoms with Crippen LogP contribution in [0.3, 0.4) is 0 Å². The van der Waals surface area contributed by atoms with Crippen LogP contribution in [0.5, 0.6) is 5.75 Å². The molecule has 2 aliphatic rings. The molecule has 19 heavy (non-hydrogen) atoms. The number of hydrogen-bond acceptors (Lipinski definition) is 4. The molecule has 1 N–H and O–H groups in total. The molecule has 1 fully saturated rings. The first kappa shape index (κ1) is 12.2. The maximum atomic E-state index is 12.4. The second-order valence-corrected chi connectivity index (χ2v) is 4.98. The lowest BCUT2D eigenvalue weighted by Gasteiger charge is -2.35. The molecule has 1 saturated heterocycles. The zero-order valence-corrected chi connectivity index (χ0v) is 10.3. The molecule has 0 aliphatic carbocycles. The van der Waals surface area contributed by atoms with Crippen molar-refractivity contribution in [3.63, 3.8) is 0 Å². The highest BCUT2D eigenvalue weighted by Gasteiger charge is 2.53. The van der Waals surface area contributed by atoms with Crippen molar-refractivity contribution in [1.29, 1.82) is 0 Å². The number of carboxylic acids is 1. The Bertz CT molecular complexity index is 545. The number of carbonyl (C=O) groups is 2. The quantitative estimate of drug-likeness (QED) is 0.656. The van der Waals surface area contributed by atoms with Gasteiger partial charge in [-0.3, -0.25) is 9.59 Å². The van der Waals surface area contributed by atoms with Crippen LogP contribution < -0.4 is 4.74 Å². The Morgan fingerprint density at radius 1 is 1.26 bits per heavy atom. The number of carbonyl (C=O) groups excluding carboxylic acids is 1. The molecule has 3 rings (SSSR count). The van der Waals surface area contributed by atoms with Gasteiger partial charge in [0.25, 0.3) is 0 Å². The van der Waals surface area contributed by atoms with Gasteiger partial charge < -0.3 is 14.6 Å². The summed E-state index contributed by atoms with van der Waals surface area (Å²) < 4.78 is 10.4. The van der Waals surface area contributed by atoms with Gasteiger partial charge in [-0.1, -0.05) is 0 Å². The summed E-state index contributed by atoms with van der Waals surface area (Å²) in [7, 11) is 0. The van der Waals surface area contributed by atoms with Crippen molar-refractivity contribution in [3.05, 3.63) is 29.3 Å². The van der Waals surface area contributed by atoms with Gasteiger partial charge >= 0.3 is 5.97 Å². The molecule has 0 amide bonds. The molecule has 1 aromatic carbocycles. The van der Waals surface area contributed by atoms with Gasteiger partial charge in [0.15, 0.2) is 11.2 Å². The van der Waals surface area contributed by atoms with E-state index in [0.29, 0.717) is 12.2 Å². The molecule has 5 nitrogen and oxygen atoms in total. The molecule has 0 unspecified atom stereocenters. The van der Waals surface area contributed by atoms with E-state index in [9.17, 15) is 14.7 Å². The summed E-state index contributed by atoms with van der Waals surface area (Å²) in [6, 6.07) is 5.13. The van der Waals surface area contributed by atoms with Crippen LogP contribution in [0.2, 0.25) is 0 Å². The van der Waals surface area contributed by atoms with E-state index in [-0.39, 0.29) is 19.0 Å². The first-order chi connectivity index (χ1) is 9.13. The Labute approximate surface area is 110 Å². The predicted octanol–water partition coefficient (Wildman–Crippen LogP) is 1.30. The normalized spacial score (nSPS) is 19.8. The highest BCUT2D eigenvalue weighted by Crippen LogP contribution is 2.34. The Kier molecular flexibility index (Phi) is 2.78. The fraction of sp³-hybridized carbons (Fsp3) is 0.429. The van der Waals surface area contributed by atoms with Crippen LogP contribution in [0.15, 0.2) is 18.2 Å². The van der Waals surface area contributed by atoms with Gasteiger partial charge in [0, 0.05) is 5.56 Å². The lowest BCUT2D eigenvalue weighted by Crippen LogP contribution is -2.54. The monoisotopic (exact) mass is 262 g/mol. The molecular weight excluding hydrogens is 248 g/mol. The van der Waals surface area contributed by atoms with Gasteiger partial charge in [0.1, 0.15) is 5.75 Å².